The van der Waals surface area contributed by atoms with Crippen LogP contribution in [0, 0.1) is 0 Å². The van der Waals surface area contributed by atoms with Crippen LogP contribution in [0.25, 0.3) is 0 Å². The first-order valence-corrected chi connectivity index (χ1v) is 6.83. The molecule has 1 heterocycles. The number of rotatable bonds is 6. The van der Waals surface area contributed by atoms with Crippen molar-refractivity contribution in [2.75, 3.05) is 6.61 Å². The zero-order valence-corrected chi connectivity index (χ0v) is 13.0. The number of ketones is 1. The Hall–Kier alpha value is -1.96. The Morgan fingerprint density at radius 1 is 0.818 bits per heavy atom. The van der Waals surface area contributed by atoms with E-state index in [0.717, 1.165) is 0 Å². The summed E-state index contributed by atoms with van der Waals surface area (Å²) in [4.78, 5) is 44.7. The zero-order valence-electron chi connectivity index (χ0n) is 13.0. The van der Waals surface area contributed by atoms with Crippen molar-refractivity contribution in [2.45, 2.75) is 58.5 Å². The lowest BCUT2D eigenvalue weighted by atomic mass is 10.0. The van der Waals surface area contributed by atoms with Gasteiger partial charge in [-0.3, -0.25) is 19.2 Å². The molecule has 1 aliphatic heterocycles. The number of Topliss-reactive ketones (excluding diaryl/α,β-unsaturated/α-hetero) is 1. The Kier molecular flexibility index (Phi) is 6.48. The van der Waals surface area contributed by atoms with Crippen molar-refractivity contribution in [1.82, 2.24) is 0 Å². The van der Waals surface area contributed by atoms with Gasteiger partial charge in [-0.25, -0.2) is 0 Å². The quantitative estimate of drug-likeness (QED) is 0.504. The van der Waals surface area contributed by atoms with Gasteiger partial charge in [0, 0.05) is 27.2 Å². The van der Waals surface area contributed by atoms with E-state index in [4.69, 9.17) is 18.9 Å². The summed E-state index contributed by atoms with van der Waals surface area (Å²) in [7, 11) is 0. The van der Waals surface area contributed by atoms with Crippen LogP contribution in [-0.4, -0.2) is 54.7 Å². The van der Waals surface area contributed by atoms with Gasteiger partial charge < -0.3 is 18.9 Å². The predicted molar refractivity (Wildman–Crippen MR) is 71.7 cm³/mol. The third kappa shape index (κ3) is 5.44. The minimum atomic E-state index is -0.940. The molecule has 0 aromatic carbocycles. The van der Waals surface area contributed by atoms with Crippen LogP contribution in [0.5, 0.6) is 0 Å². The van der Waals surface area contributed by atoms with Crippen molar-refractivity contribution in [2.24, 2.45) is 0 Å². The predicted octanol–water partition coefficient (Wildman–Crippen LogP) is 0.159. The zero-order chi connectivity index (χ0) is 16.9. The van der Waals surface area contributed by atoms with Crippen LogP contribution in [0.1, 0.15) is 34.1 Å². The highest BCUT2D eigenvalue weighted by Gasteiger charge is 2.49. The van der Waals surface area contributed by atoms with Gasteiger partial charge in [0.05, 0.1) is 0 Å². The summed E-state index contributed by atoms with van der Waals surface area (Å²) in [5.41, 5.74) is 0. The van der Waals surface area contributed by atoms with E-state index in [0.29, 0.717) is 0 Å². The third-order valence-electron chi connectivity index (χ3n) is 2.95. The molecule has 1 unspecified atom stereocenters. The van der Waals surface area contributed by atoms with Crippen molar-refractivity contribution < 1.29 is 38.1 Å². The molecule has 0 aromatic rings. The van der Waals surface area contributed by atoms with Crippen molar-refractivity contribution in [3.05, 3.63) is 0 Å². The number of ether oxygens (including phenoxy) is 4. The summed E-state index contributed by atoms with van der Waals surface area (Å²) < 4.78 is 20.7. The van der Waals surface area contributed by atoms with Gasteiger partial charge in [-0.15, -0.1) is 0 Å². The monoisotopic (exact) mass is 316 g/mol. The fourth-order valence-corrected chi connectivity index (χ4v) is 2.25. The summed E-state index contributed by atoms with van der Waals surface area (Å²) in [6.07, 6.45) is -3.43. The van der Waals surface area contributed by atoms with E-state index in [1.165, 1.54) is 27.7 Å². The smallest absolute Gasteiger partial charge is 0.303 e. The molecule has 1 saturated heterocycles. The summed E-state index contributed by atoms with van der Waals surface area (Å²) in [6, 6.07) is 0. The molecular formula is C14H20O8. The maximum absolute atomic E-state index is 11.3. The molecule has 0 aliphatic carbocycles. The Labute approximate surface area is 128 Å². The van der Waals surface area contributed by atoms with Crippen LogP contribution < -0.4 is 0 Å². The van der Waals surface area contributed by atoms with Gasteiger partial charge in [-0.1, -0.05) is 0 Å². The highest BCUT2D eigenvalue weighted by atomic mass is 16.6. The molecule has 8 heteroatoms. The van der Waals surface area contributed by atoms with E-state index < -0.39 is 42.3 Å². The van der Waals surface area contributed by atoms with E-state index in [-0.39, 0.29) is 18.8 Å². The lowest BCUT2D eigenvalue weighted by Crippen LogP contribution is -2.41. The Bertz CT molecular complexity index is 458. The summed E-state index contributed by atoms with van der Waals surface area (Å²) in [5.74, 6) is -1.88. The van der Waals surface area contributed by atoms with Crippen molar-refractivity contribution in [3.8, 4) is 0 Å². The minimum absolute atomic E-state index is 0.00766. The topological polar surface area (TPSA) is 105 Å². The van der Waals surface area contributed by atoms with Gasteiger partial charge in [0.2, 0.25) is 0 Å². The first-order chi connectivity index (χ1) is 10.2. The van der Waals surface area contributed by atoms with Gasteiger partial charge >= 0.3 is 17.9 Å². The molecule has 22 heavy (non-hydrogen) atoms. The molecule has 8 nitrogen and oxygen atoms in total. The standard InChI is InChI=1S/C14H20O8/c1-7(15)5-11-13(20-9(3)17)14(21-10(4)18)12(22-11)6-19-8(2)16/h11-14H,5-6H2,1-4H3/t11?,12-,13+,14-/m1/s1. The van der Waals surface area contributed by atoms with Gasteiger partial charge in [0.1, 0.15) is 24.6 Å². The molecule has 0 radical (unpaired) electrons. The third-order valence-corrected chi connectivity index (χ3v) is 2.95. The van der Waals surface area contributed by atoms with Crippen molar-refractivity contribution >= 4 is 23.7 Å². The van der Waals surface area contributed by atoms with Crippen LogP contribution in [0.3, 0.4) is 0 Å². The molecule has 4 atom stereocenters. The van der Waals surface area contributed by atoms with E-state index >= 15 is 0 Å². The number of esters is 3. The number of hydrogen-bond acceptors (Lipinski definition) is 8. The maximum Gasteiger partial charge on any atom is 0.303 e. The van der Waals surface area contributed by atoms with E-state index in [1.807, 2.05) is 0 Å². The Morgan fingerprint density at radius 2 is 1.32 bits per heavy atom. The van der Waals surface area contributed by atoms with Crippen LogP contribution in [0.4, 0.5) is 0 Å². The fraction of sp³-hybridized carbons (Fsp3) is 0.714. The Morgan fingerprint density at radius 3 is 1.73 bits per heavy atom. The highest BCUT2D eigenvalue weighted by Crippen LogP contribution is 2.29. The second-order valence-corrected chi connectivity index (χ2v) is 5.07. The van der Waals surface area contributed by atoms with Gasteiger partial charge in [0.15, 0.2) is 12.2 Å². The molecular weight excluding hydrogens is 296 g/mol. The molecule has 0 aromatic heterocycles. The highest BCUT2D eigenvalue weighted by molar-refractivity contribution is 5.76. The summed E-state index contributed by atoms with van der Waals surface area (Å²) in [5, 5.41) is 0. The fourth-order valence-electron chi connectivity index (χ4n) is 2.25. The molecule has 1 rings (SSSR count). The first kappa shape index (κ1) is 18.1. The minimum Gasteiger partial charge on any atom is -0.463 e. The lowest BCUT2D eigenvalue weighted by molar-refractivity contribution is -0.165. The molecule has 0 amide bonds. The average Bonchev–Trinajstić information content (AvgIpc) is 2.63. The molecule has 124 valence electrons. The summed E-state index contributed by atoms with van der Waals surface area (Å²) >= 11 is 0. The van der Waals surface area contributed by atoms with Crippen LogP contribution in [0.15, 0.2) is 0 Å². The van der Waals surface area contributed by atoms with Gasteiger partial charge in [0.25, 0.3) is 0 Å². The second-order valence-electron chi connectivity index (χ2n) is 5.07. The van der Waals surface area contributed by atoms with Gasteiger partial charge in [-0.2, -0.15) is 0 Å². The van der Waals surface area contributed by atoms with Crippen LogP contribution in [-0.2, 0) is 38.1 Å². The normalized spacial score (nSPS) is 27.1. The summed E-state index contributed by atoms with van der Waals surface area (Å²) in [6.45, 7) is 4.83. The van der Waals surface area contributed by atoms with Crippen molar-refractivity contribution in [3.63, 3.8) is 0 Å². The second kappa shape index (κ2) is 7.88. The van der Waals surface area contributed by atoms with Gasteiger partial charge in [-0.05, 0) is 6.92 Å². The molecule has 0 spiro atoms. The van der Waals surface area contributed by atoms with Crippen LogP contribution in [0.2, 0.25) is 0 Å². The Balaban J connectivity index is 2.94. The molecule has 1 aliphatic rings. The van der Waals surface area contributed by atoms with E-state index in [9.17, 15) is 19.2 Å². The number of hydrogen-bond donors (Lipinski definition) is 0. The largest absolute Gasteiger partial charge is 0.463 e. The maximum atomic E-state index is 11.3. The SMILES string of the molecule is CC(=O)CC1O[C@H](COC(C)=O)[C@@H](OC(C)=O)[C@H]1OC(C)=O. The van der Waals surface area contributed by atoms with E-state index in [2.05, 4.69) is 0 Å². The first-order valence-electron chi connectivity index (χ1n) is 6.83. The van der Waals surface area contributed by atoms with E-state index in [1.54, 1.807) is 0 Å². The number of carbonyl (C=O) groups excluding carboxylic acids is 4. The molecule has 0 saturated carbocycles. The molecule has 1 fully saturated rings. The molecule has 0 N–H and O–H groups in total. The molecule has 0 bridgehead atoms. The lowest BCUT2D eigenvalue weighted by Gasteiger charge is -2.23. The van der Waals surface area contributed by atoms with Crippen molar-refractivity contribution in [1.29, 1.82) is 0 Å². The van der Waals surface area contributed by atoms with Crippen LogP contribution >= 0.6 is 0 Å². The number of carbonyl (C=O) groups is 4. The average molecular weight is 316 g/mol.